The minimum atomic E-state index is -0.927. The average molecular weight is 271 g/mol. The van der Waals surface area contributed by atoms with E-state index in [0.717, 1.165) is 6.42 Å². The SMILES string of the molecule is CCCC(=O)NC(C)(C)CC(C)(NC)C(=O)NC=O. The molecule has 110 valence electrons. The van der Waals surface area contributed by atoms with E-state index in [1.54, 1.807) is 14.0 Å². The van der Waals surface area contributed by atoms with Crippen molar-refractivity contribution in [3.8, 4) is 0 Å². The third-order valence-corrected chi connectivity index (χ3v) is 2.99. The highest BCUT2D eigenvalue weighted by atomic mass is 16.2. The van der Waals surface area contributed by atoms with Crippen LogP contribution >= 0.6 is 0 Å². The summed E-state index contributed by atoms with van der Waals surface area (Å²) in [5.41, 5.74) is -1.48. The van der Waals surface area contributed by atoms with Gasteiger partial charge < -0.3 is 10.6 Å². The van der Waals surface area contributed by atoms with E-state index in [1.807, 2.05) is 20.8 Å². The van der Waals surface area contributed by atoms with Crippen molar-refractivity contribution in [1.29, 1.82) is 0 Å². The maximum absolute atomic E-state index is 11.9. The van der Waals surface area contributed by atoms with E-state index in [-0.39, 0.29) is 5.91 Å². The van der Waals surface area contributed by atoms with E-state index < -0.39 is 17.0 Å². The smallest absolute Gasteiger partial charge is 0.246 e. The summed E-state index contributed by atoms with van der Waals surface area (Å²) in [5, 5.41) is 7.94. The van der Waals surface area contributed by atoms with Crippen molar-refractivity contribution in [2.75, 3.05) is 7.05 Å². The highest BCUT2D eigenvalue weighted by Gasteiger charge is 2.38. The quantitative estimate of drug-likeness (QED) is 0.555. The highest BCUT2D eigenvalue weighted by molar-refractivity contribution is 5.93. The van der Waals surface area contributed by atoms with Crippen molar-refractivity contribution in [2.24, 2.45) is 0 Å². The molecule has 3 amide bonds. The monoisotopic (exact) mass is 271 g/mol. The molecule has 0 radical (unpaired) electrons. The lowest BCUT2D eigenvalue weighted by Crippen LogP contribution is -2.59. The first-order valence-electron chi connectivity index (χ1n) is 6.45. The molecule has 0 aliphatic rings. The van der Waals surface area contributed by atoms with Crippen molar-refractivity contribution in [3.63, 3.8) is 0 Å². The molecule has 0 rings (SSSR count). The summed E-state index contributed by atoms with van der Waals surface area (Å²) in [6, 6.07) is 0. The molecule has 19 heavy (non-hydrogen) atoms. The predicted molar refractivity (Wildman–Crippen MR) is 73.4 cm³/mol. The molecule has 3 N–H and O–H groups in total. The van der Waals surface area contributed by atoms with Crippen LogP contribution in [0.15, 0.2) is 0 Å². The second-order valence-corrected chi connectivity index (χ2v) is 5.53. The van der Waals surface area contributed by atoms with Crippen molar-refractivity contribution in [2.45, 2.75) is 58.0 Å². The minimum Gasteiger partial charge on any atom is -0.351 e. The minimum absolute atomic E-state index is 0.0400. The normalized spacial score (nSPS) is 14.4. The van der Waals surface area contributed by atoms with Crippen LogP contribution in [-0.2, 0) is 14.4 Å². The van der Waals surface area contributed by atoms with Gasteiger partial charge in [0.1, 0.15) is 0 Å². The van der Waals surface area contributed by atoms with E-state index in [0.29, 0.717) is 19.3 Å². The van der Waals surface area contributed by atoms with E-state index in [4.69, 9.17) is 0 Å². The van der Waals surface area contributed by atoms with Crippen LogP contribution < -0.4 is 16.0 Å². The van der Waals surface area contributed by atoms with Gasteiger partial charge >= 0.3 is 0 Å². The summed E-state index contributed by atoms with van der Waals surface area (Å²) in [4.78, 5) is 33.9. The zero-order chi connectivity index (χ0) is 15.1. The number of rotatable bonds is 8. The summed E-state index contributed by atoms with van der Waals surface area (Å²) < 4.78 is 0. The second kappa shape index (κ2) is 7.23. The first-order valence-corrected chi connectivity index (χ1v) is 6.45. The summed E-state index contributed by atoms with van der Waals surface area (Å²) in [7, 11) is 1.65. The molecule has 0 bridgehead atoms. The number of hydrogen-bond acceptors (Lipinski definition) is 4. The molecule has 0 aromatic heterocycles. The van der Waals surface area contributed by atoms with Gasteiger partial charge in [0.05, 0.1) is 5.54 Å². The number of carbonyl (C=O) groups excluding carboxylic acids is 3. The van der Waals surface area contributed by atoms with E-state index in [1.165, 1.54) is 0 Å². The first-order chi connectivity index (χ1) is 8.70. The van der Waals surface area contributed by atoms with Crippen LogP contribution in [0.25, 0.3) is 0 Å². The molecule has 6 nitrogen and oxygen atoms in total. The van der Waals surface area contributed by atoms with Crippen molar-refractivity contribution in [1.82, 2.24) is 16.0 Å². The van der Waals surface area contributed by atoms with Crippen LogP contribution in [0.3, 0.4) is 0 Å². The average Bonchev–Trinajstić information content (AvgIpc) is 2.27. The van der Waals surface area contributed by atoms with Gasteiger partial charge in [-0.25, -0.2) is 0 Å². The summed E-state index contributed by atoms with van der Waals surface area (Å²) >= 11 is 0. The van der Waals surface area contributed by atoms with Crippen LogP contribution in [-0.4, -0.2) is 36.3 Å². The molecule has 0 aliphatic heterocycles. The van der Waals surface area contributed by atoms with Gasteiger partial charge in [0.15, 0.2) is 0 Å². The summed E-state index contributed by atoms with van der Waals surface area (Å²) in [5.74, 6) is -0.454. The van der Waals surface area contributed by atoms with Crippen molar-refractivity contribution in [3.05, 3.63) is 0 Å². The Hall–Kier alpha value is -1.43. The van der Waals surface area contributed by atoms with Crippen molar-refractivity contribution < 1.29 is 14.4 Å². The molecule has 0 aliphatic carbocycles. The van der Waals surface area contributed by atoms with Gasteiger partial charge in [-0.15, -0.1) is 0 Å². The molecule has 0 aromatic rings. The van der Waals surface area contributed by atoms with Crippen molar-refractivity contribution >= 4 is 18.2 Å². The summed E-state index contributed by atoms with van der Waals surface area (Å²) in [6.45, 7) is 7.33. The molecule has 1 unspecified atom stereocenters. The lowest BCUT2D eigenvalue weighted by atomic mass is 9.84. The fourth-order valence-electron chi connectivity index (χ4n) is 2.09. The Bertz CT molecular complexity index is 342. The van der Waals surface area contributed by atoms with Gasteiger partial charge in [0, 0.05) is 12.0 Å². The topological polar surface area (TPSA) is 87.3 Å². The van der Waals surface area contributed by atoms with Crippen LogP contribution in [0.5, 0.6) is 0 Å². The Balaban J connectivity index is 4.79. The molecular formula is C13H25N3O3. The molecule has 0 heterocycles. The van der Waals surface area contributed by atoms with Gasteiger partial charge in [0.25, 0.3) is 0 Å². The Morgan fingerprint density at radius 3 is 2.21 bits per heavy atom. The van der Waals surface area contributed by atoms with Crippen LogP contribution in [0.1, 0.15) is 47.0 Å². The molecule has 0 saturated carbocycles. The third kappa shape index (κ3) is 5.83. The highest BCUT2D eigenvalue weighted by Crippen LogP contribution is 2.20. The van der Waals surface area contributed by atoms with E-state index in [2.05, 4.69) is 16.0 Å². The molecule has 0 saturated heterocycles. The lowest BCUT2D eigenvalue weighted by molar-refractivity contribution is -0.132. The second-order valence-electron chi connectivity index (χ2n) is 5.53. The molecule has 0 aromatic carbocycles. The predicted octanol–water partition coefficient (Wildman–Crippen LogP) is 0.322. The maximum atomic E-state index is 11.9. The maximum Gasteiger partial charge on any atom is 0.246 e. The van der Waals surface area contributed by atoms with Gasteiger partial charge in [-0.3, -0.25) is 19.7 Å². The number of imide groups is 1. The standard InChI is InChI=1S/C13H25N3O3/c1-6-7-10(18)16-12(2,3)8-13(4,14-5)11(19)15-9-17/h9,14H,6-8H2,1-5H3,(H,16,18)(H,15,17,19). The molecule has 1 atom stereocenters. The third-order valence-electron chi connectivity index (χ3n) is 2.99. The molecule has 0 spiro atoms. The Morgan fingerprint density at radius 2 is 1.79 bits per heavy atom. The number of hydrogen-bond donors (Lipinski definition) is 3. The van der Waals surface area contributed by atoms with E-state index >= 15 is 0 Å². The van der Waals surface area contributed by atoms with Crippen LogP contribution in [0.2, 0.25) is 0 Å². The number of likely N-dealkylation sites (N-methyl/N-ethyl adjacent to an activating group) is 1. The molecular weight excluding hydrogens is 246 g/mol. The van der Waals surface area contributed by atoms with Gasteiger partial charge in [-0.2, -0.15) is 0 Å². The zero-order valence-corrected chi connectivity index (χ0v) is 12.4. The summed E-state index contributed by atoms with van der Waals surface area (Å²) in [6.07, 6.45) is 1.96. The number of carbonyl (C=O) groups is 3. The van der Waals surface area contributed by atoms with Crippen LogP contribution in [0.4, 0.5) is 0 Å². The fourth-order valence-corrected chi connectivity index (χ4v) is 2.09. The molecule has 0 fully saturated rings. The fraction of sp³-hybridized carbons (Fsp3) is 0.769. The first kappa shape index (κ1) is 17.6. The van der Waals surface area contributed by atoms with E-state index in [9.17, 15) is 14.4 Å². The van der Waals surface area contributed by atoms with Gasteiger partial charge in [-0.1, -0.05) is 6.92 Å². The van der Waals surface area contributed by atoms with Gasteiger partial charge in [-0.05, 0) is 40.7 Å². The van der Waals surface area contributed by atoms with Gasteiger partial charge in [0.2, 0.25) is 18.2 Å². The number of amides is 3. The van der Waals surface area contributed by atoms with Crippen LogP contribution in [0, 0.1) is 0 Å². The lowest BCUT2D eigenvalue weighted by Gasteiger charge is -2.36. The zero-order valence-electron chi connectivity index (χ0n) is 12.4. The number of nitrogens with one attached hydrogen (secondary N) is 3. The largest absolute Gasteiger partial charge is 0.351 e. The molecule has 6 heteroatoms. The Morgan fingerprint density at radius 1 is 1.21 bits per heavy atom. The Kier molecular flexibility index (Phi) is 6.69. The Labute approximate surface area is 114 Å².